The van der Waals surface area contributed by atoms with Gasteiger partial charge in [-0.3, -0.25) is 0 Å². The van der Waals surface area contributed by atoms with E-state index in [-0.39, 0.29) is 17.6 Å². The lowest BCUT2D eigenvalue weighted by molar-refractivity contribution is -0.0456. The summed E-state index contributed by atoms with van der Waals surface area (Å²) in [6, 6.07) is 0. The summed E-state index contributed by atoms with van der Waals surface area (Å²) < 4.78 is 6.22. The average Bonchev–Trinajstić information content (AvgIpc) is 2.62. The third kappa shape index (κ3) is 1.47. The molecule has 2 nitrogen and oxygen atoms in total. The third-order valence-electron chi connectivity index (χ3n) is 5.64. The van der Waals surface area contributed by atoms with Crippen molar-refractivity contribution in [1.29, 1.82) is 0 Å². The second kappa shape index (κ2) is 3.58. The molecule has 1 spiro atoms. The number of aliphatic hydroxyl groups excluding tert-OH is 1. The van der Waals surface area contributed by atoms with E-state index in [2.05, 4.69) is 20.8 Å². The first-order chi connectivity index (χ1) is 7.99. The zero-order valence-corrected chi connectivity index (χ0v) is 11.3. The standard InChI is InChI=1S/C15H24O2/c1-10-13(8-16)15-6-11(9-17-15)4-5-12(15)7-14(10,2)3/h11-12,16H,4-9H2,1-3H3. The molecule has 3 rings (SSSR count). The summed E-state index contributed by atoms with van der Waals surface area (Å²) in [7, 11) is 0. The first-order valence-electron chi connectivity index (χ1n) is 6.95. The van der Waals surface area contributed by atoms with Crippen LogP contribution in [-0.2, 0) is 4.74 Å². The second-order valence-electron chi connectivity index (χ2n) is 6.89. The molecule has 1 heterocycles. The number of ether oxygens (including phenoxy) is 1. The topological polar surface area (TPSA) is 29.5 Å². The normalized spacial score (nSPS) is 43.8. The van der Waals surface area contributed by atoms with Crippen molar-refractivity contribution >= 4 is 0 Å². The molecule has 0 amide bonds. The van der Waals surface area contributed by atoms with Crippen LogP contribution in [0, 0.1) is 17.3 Å². The molecular weight excluding hydrogens is 212 g/mol. The second-order valence-corrected chi connectivity index (χ2v) is 6.89. The Bertz CT molecular complexity index is 369. The van der Waals surface area contributed by atoms with Gasteiger partial charge in [0.05, 0.1) is 18.8 Å². The minimum atomic E-state index is -0.0860. The van der Waals surface area contributed by atoms with Gasteiger partial charge in [0.15, 0.2) is 0 Å². The van der Waals surface area contributed by atoms with Crippen molar-refractivity contribution in [2.24, 2.45) is 17.3 Å². The molecule has 3 atom stereocenters. The van der Waals surface area contributed by atoms with E-state index >= 15 is 0 Å². The minimum Gasteiger partial charge on any atom is -0.392 e. The molecule has 17 heavy (non-hydrogen) atoms. The molecule has 2 heteroatoms. The lowest BCUT2D eigenvalue weighted by Gasteiger charge is -2.50. The SMILES string of the molecule is CC1=C(CO)C23CC(CCC2CC1(C)C)CO3. The van der Waals surface area contributed by atoms with E-state index in [1.807, 2.05) is 0 Å². The number of aliphatic hydroxyl groups is 1. The Kier molecular flexibility index (Phi) is 2.47. The van der Waals surface area contributed by atoms with Crippen LogP contribution in [0.25, 0.3) is 0 Å². The Labute approximate surface area is 104 Å². The summed E-state index contributed by atoms with van der Waals surface area (Å²) >= 11 is 0. The molecule has 2 fully saturated rings. The fourth-order valence-electron chi connectivity index (χ4n) is 4.42. The van der Waals surface area contributed by atoms with Gasteiger partial charge in [-0.15, -0.1) is 0 Å². The quantitative estimate of drug-likeness (QED) is 0.709. The van der Waals surface area contributed by atoms with Crippen LogP contribution >= 0.6 is 0 Å². The van der Waals surface area contributed by atoms with Crippen molar-refractivity contribution in [3.8, 4) is 0 Å². The molecule has 2 bridgehead atoms. The van der Waals surface area contributed by atoms with Crippen LogP contribution in [0.3, 0.4) is 0 Å². The van der Waals surface area contributed by atoms with Gasteiger partial charge in [0.1, 0.15) is 0 Å². The van der Waals surface area contributed by atoms with Gasteiger partial charge in [-0.2, -0.15) is 0 Å². The molecule has 3 unspecified atom stereocenters. The van der Waals surface area contributed by atoms with Crippen molar-refractivity contribution in [3.63, 3.8) is 0 Å². The van der Waals surface area contributed by atoms with E-state index in [4.69, 9.17) is 4.74 Å². The molecule has 0 aromatic heterocycles. The highest BCUT2D eigenvalue weighted by atomic mass is 16.5. The predicted octanol–water partition coefficient (Wildman–Crippen LogP) is 2.91. The number of rotatable bonds is 1. The number of fused-ring (bicyclic) bond motifs is 1. The fourth-order valence-corrected chi connectivity index (χ4v) is 4.42. The molecule has 3 aliphatic rings. The zero-order chi connectivity index (χ0) is 12.3. The number of allylic oxidation sites excluding steroid dienone is 1. The van der Waals surface area contributed by atoms with E-state index in [0.29, 0.717) is 5.92 Å². The lowest BCUT2D eigenvalue weighted by atomic mass is 9.57. The van der Waals surface area contributed by atoms with Crippen LogP contribution < -0.4 is 0 Å². The summed E-state index contributed by atoms with van der Waals surface area (Å²) in [6.45, 7) is 7.91. The van der Waals surface area contributed by atoms with E-state index in [0.717, 1.165) is 18.9 Å². The maximum Gasteiger partial charge on any atom is 0.0948 e. The molecule has 1 saturated carbocycles. The van der Waals surface area contributed by atoms with Gasteiger partial charge in [0.2, 0.25) is 0 Å². The number of hydrogen-bond donors (Lipinski definition) is 1. The summed E-state index contributed by atoms with van der Waals surface area (Å²) in [4.78, 5) is 0. The van der Waals surface area contributed by atoms with Gasteiger partial charge in [-0.25, -0.2) is 0 Å². The summed E-state index contributed by atoms with van der Waals surface area (Å²) in [6.07, 6.45) is 4.97. The first-order valence-corrected chi connectivity index (χ1v) is 6.95. The largest absolute Gasteiger partial charge is 0.392 e. The summed E-state index contributed by atoms with van der Waals surface area (Å²) in [5, 5.41) is 9.81. The van der Waals surface area contributed by atoms with Crippen LogP contribution in [0.2, 0.25) is 0 Å². The van der Waals surface area contributed by atoms with Gasteiger partial charge in [0.25, 0.3) is 0 Å². The number of hydrogen-bond acceptors (Lipinski definition) is 2. The highest BCUT2D eigenvalue weighted by Crippen LogP contribution is 2.58. The molecule has 96 valence electrons. The highest BCUT2D eigenvalue weighted by Gasteiger charge is 2.56. The van der Waals surface area contributed by atoms with Crippen LogP contribution in [0.15, 0.2) is 11.1 Å². The van der Waals surface area contributed by atoms with Crippen LogP contribution in [-0.4, -0.2) is 23.9 Å². The Hall–Kier alpha value is -0.340. The van der Waals surface area contributed by atoms with E-state index in [9.17, 15) is 5.11 Å². The molecule has 1 N–H and O–H groups in total. The Morgan fingerprint density at radius 2 is 2.06 bits per heavy atom. The van der Waals surface area contributed by atoms with Crippen LogP contribution in [0.1, 0.15) is 46.5 Å². The Balaban J connectivity index is 2.11. The molecule has 0 radical (unpaired) electrons. The van der Waals surface area contributed by atoms with Crippen LogP contribution in [0.4, 0.5) is 0 Å². The van der Waals surface area contributed by atoms with E-state index in [1.165, 1.54) is 30.4 Å². The van der Waals surface area contributed by atoms with Gasteiger partial charge >= 0.3 is 0 Å². The smallest absolute Gasteiger partial charge is 0.0948 e. The molecule has 1 saturated heterocycles. The van der Waals surface area contributed by atoms with Gasteiger partial charge in [-0.1, -0.05) is 19.4 Å². The Morgan fingerprint density at radius 1 is 1.29 bits per heavy atom. The van der Waals surface area contributed by atoms with Crippen molar-refractivity contribution < 1.29 is 9.84 Å². The summed E-state index contributed by atoms with van der Waals surface area (Å²) in [5.74, 6) is 1.36. The van der Waals surface area contributed by atoms with E-state index < -0.39 is 0 Å². The highest BCUT2D eigenvalue weighted by molar-refractivity contribution is 5.35. The predicted molar refractivity (Wildman–Crippen MR) is 67.7 cm³/mol. The zero-order valence-electron chi connectivity index (χ0n) is 11.3. The van der Waals surface area contributed by atoms with Gasteiger partial charge in [-0.05, 0) is 55.4 Å². The monoisotopic (exact) mass is 236 g/mol. The minimum absolute atomic E-state index is 0.0860. The van der Waals surface area contributed by atoms with Crippen molar-refractivity contribution in [2.75, 3.05) is 13.2 Å². The third-order valence-corrected chi connectivity index (χ3v) is 5.64. The maximum atomic E-state index is 9.81. The first kappa shape index (κ1) is 11.7. The molecule has 0 aromatic rings. The van der Waals surface area contributed by atoms with E-state index in [1.54, 1.807) is 0 Å². The Morgan fingerprint density at radius 3 is 2.76 bits per heavy atom. The molecule has 0 aromatic carbocycles. The average molecular weight is 236 g/mol. The molecule has 2 aliphatic carbocycles. The van der Waals surface area contributed by atoms with Gasteiger partial charge in [0, 0.05) is 0 Å². The van der Waals surface area contributed by atoms with Crippen LogP contribution in [0.5, 0.6) is 0 Å². The fraction of sp³-hybridized carbons (Fsp3) is 0.867. The van der Waals surface area contributed by atoms with Crippen molar-refractivity contribution in [2.45, 2.75) is 52.1 Å². The molecular formula is C15H24O2. The maximum absolute atomic E-state index is 9.81. The lowest BCUT2D eigenvalue weighted by Crippen LogP contribution is -2.49. The van der Waals surface area contributed by atoms with Crippen molar-refractivity contribution in [1.82, 2.24) is 0 Å². The van der Waals surface area contributed by atoms with Gasteiger partial charge < -0.3 is 9.84 Å². The molecule has 1 aliphatic heterocycles. The summed E-state index contributed by atoms with van der Waals surface area (Å²) in [5.41, 5.74) is 2.73. The van der Waals surface area contributed by atoms with Crippen molar-refractivity contribution in [3.05, 3.63) is 11.1 Å².